The van der Waals surface area contributed by atoms with E-state index in [0.29, 0.717) is 34.9 Å². The molecule has 0 aliphatic heterocycles. The average molecular weight is 1350 g/mol. The van der Waals surface area contributed by atoms with Gasteiger partial charge in [-0.3, -0.25) is 0 Å². The van der Waals surface area contributed by atoms with Crippen LogP contribution < -0.4 is 0 Å². The lowest BCUT2D eigenvalue weighted by Crippen LogP contribution is -2.28. The lowest BCUT2D eigenvalue weighted by atomic mass is 9.67. The topological polar surface area (TPSA) is 77.3 Å². The van der Waals surface area contributed by atoms with Crippen LogP contribution in [0.3, 0.4) is 0 Å². The second kappa shape index (κ2) is 24.4. The van der Waals surface area contributed by atoms with Crippen LogP contribution in [0.1, 0.15) is 44.5 Å². The zero-order valence-electron chi connectivity index (χ0n) is 57.5. The van der Waals surface area contributed by atoms with Gasteiger partial charge in [-0.1, -0.05) is 364 Å². The Labute approximate surface area is 614 Å². The van der Waals surface area contributed by atoms with Crippen molar-refractivity contribution >= 4 is 21.5 Å². The molecule has 3 aliphatic carbocycles. The third kappa shape index (κ3) is 9.24. The number of benzene rings is 16. The maximum absolute atomic E-state index is 5.57. The Kier molecular flexibility index (Phi) is 14.0. The van der Waals surface area contributed by atoms with Crippen LogP contribution in [0.25, 0.3) is 157 Å². The molecule has 21 rings (SSSR count). The number of hydrogen-bond acceptors (Lipinski definition) is 6. The Hall–Kier alpha value is -13.9. The molecule has 1 unspecified atom stereocenters. The van der Waals surface area contributed by atoms with E-state index in [1.807, 2.05) is 72.8 Å². The smallest absolute Gasteiger partial charge is 0.165 e. The summed E-state index contributed by atoms with van der Waals surface area (Å²) in [5.41, 5.74) is 27.9. The molecule has 6 nitrogen and oxygen atoms in total. The summed E-state index contributed by atoms with van der Waals surface area (Å²) in [4.78, 5) is 32.4. The minimum atomic E-state index is -0.759. The van der Waals surface area contributed by atoms with E-state index >= 15 is 0 Å². The highest BCUT2D eigenvalue weighted by Gasteiger charge is 2.52. The summed E-state index contributed by atoms with van der Waals surface area (Å²) in [6.45, 7) is 0. The molecule has 18 aromatic rings. The van der Waals surface area contributed by atoms with Crippen molar-refractivity contribution in [1.82, 2.24) is 29.9 Å². The van der Waals surface area contributed by atoms with Crippen molar-refractivity contribution in [1.29, 1.82) is 0 Å². The summed E-state index contributed by atoms with van der Waals surface area (Å²) in [5, 5.41) is 4.24. The van der Waals surface area contributed by atoms with Crippen molar-refractivity contribution in [3.63, 3.8) is 0 Å². The summed E-state index contributed by atoms with van der Waals surface area (Å²) < 4.78 is 0. The number of aromatic nitrogens is 6. The predicted octanol–water partition coefficient (Wildman–Crippen LogP) is 24.1. The summed E-state index contributed by atoms with van der Waals surface area (Å²) in [6.07, 6.45) is 0. The van der Waals surface area contributed by atoms with Crippen molar-refractivity contribution in [2.24, 2.45) is 0 Å². The van der Waals surface area contributed by atoms with Gasteiger partial charge in [-0.2, -0.15) is 0 Å². The molecule has 0 radical (unpaired) electrons. The molecular formula is C100H62N6. The molecule has 3 aliphatic rings. The Balaban J connectivity index is 0.767. The quantitative estimate of drug-likeness (QED) is 0.128. The number of nitrogens with zero attached hydrogens (tertiary/aromatic N) is 6. The molecule has 0 amide bonds. The standard InChI is InChI=1S/C100H62N6/c1-6-30-64(31-7-1)93-101-94(65-32-8-2-9-33-65)104-97(103-93)91-73-42-17-16-29-63(73)55-59-79(91)77-47-27-53-87-89(77)81-45-20-24-51-85(81)99(87,71-39-14-5-15-40-71)72-41-26-38-68(62-72)69-56-58-74-70(61-69)57-60-80(92(74)98-105-95(66-34-10-3-11-35-66)102-96(106-98)67-36-12-4-13-37-67)78-48-28-54-88-90(78)82-46-21-25-52-86(82)100(88)83-49-22-18-43-75(83)76-44-19-23-50-84(76)100/h1-62H. The molecule has 0 saturated carbocycles. The summed E-state index contributed by atoms with van der Waals surface area (Å²) in [5.74, 6) is 3.64. The van der Waals surface area contributed by atoms with Crippen LogP contribution in [0.15, 0.2) is 376 Å². The first-order chi connectivity index (χ1) is 52.6. The molecule has 6 heteroatoms. The van der Waals surface area contributed by atoms with Gasteiger partial charge in [0.05, 0.1) is 10.8 Å². The summed E-state index contributed by atoms with van der Waals surface area (Å²) in [6, 6.07) is 136. The molecule has 1 atom stereocenters. The highest BCUT2D eigenvalue weighted by Crippen LogP contribution is 2.65. The van der Waals surface area contributed by atoms with Crippen molar-refractivity contribution < 1.29 is 0 Å². The molecule has 0 N–H and O–H groups in total. The van der Waals surface area contributed by atoms with Gasteiger partial charge in [-0.15, -0.1) is 0 Å². The van der Waals surface area contributed by atoms with Crippen molar-refractivity contribution in [2.45, 2.75) is 10.8 Å². The van der Waals surface area contributed by atoms with Crippen LogP contribution >= 0.6 is 0 Å². The van der Waals surface area contributed by atoms with Crippen LogP contribution in [-0.2, 0) is 10.8 Å². The highest BCUT2D eigenvalue weighted by molar-refractivity contribution is 6.10. The molecule has 16 aromatic carbocycles. The molecule has 0 saturated heterocycles. The average Bonchev–Trinajstić information content (AvgIpc) is 1.51. The maximum Gasteiger partial charge on any atom is 0.165 e. The Morgan fingerprint density at radius 2 is 0.481 bits per heavy atom. The van der Waals surface area contributed by atoms with Gasteiger partial charge in [-0.25, -0.2) is 29.9 Å². The monoisotopic (exact) mass is 1350 g/mol. The van der Waals surface area contributed by atoms with E-state index in [-0.39, 0.29) is 0 Å². The van der Waals surface area contributed by atoms with E-state index in [9.17, 15) is 0 Å². The van der Waals surface area contributed by atoms with Gasteiger partial charge in [0.1, 0.15) is 0 Å². The first-order valence-corrected chi connectivity index (χ1v) is 36.2. The van der Waals surface area contributed by atoms with E-state index < -0.39 is 10.8 Å². The van der Waals surface area contributed by atoms with Gasteiger partial charge < -0.3 is 0 Å². The fourth-order valence-electron chi connectivity index (χ4n) is 17.9. The fourth-order valence-corrected chi connectivity index (χ4v) is 17.9. The molecule has 1 spiro atoms. The maximum atomic E-state index is 5.57. The van der Waals surface area contributed by atoms with Crippen molar-refractivity contribution in [3.8, 4) is 135 Å². The molecule has 0 bridgehead atoms. The zero-order chi connectivity index (χ0) is 69.9. The number of hydrogen-bond donors (Lipinski definition) is 0. The van der Waals surface area contributed by atoms with Crippen LogP contribution in [0.5, 0.6) is 0 Å². The van der Waals surface area contributed by atoms with Crippen molar-refractivity contribution in [2.75, 3.05) is 0 Å². The molecule has 106 heavy (non-hydrogen) atoms. The lowest BCUT2D eigenvalue weighted by molar-refractivity contribution is 0.769. The second-order valence-electron chi connectivity index (χ2n) is 27.8. The predicted molar refractivity (Wildman–Crippen MR) is 431 cm³/mol. The SMILES string of the molecule is c1ccc(-c2nc(-c3ccccc3)nc(-c3c(-c4cccc5c4-c4ccccc4C5(c4ccccc4)c4cccc(-c5ccc6c(-c7nc(-c8ccccc8)nc(-c8ccccc8)n7)c(-c7cccc8c7-c7ccccc7C87c8ccccc8-c8ccccc87)ccc6c5)c4)ccc4ccccc34)n2)cc1. The van der Waals surface area contributed by atoms with Crippen LogP contribution in [0, 0.1) is 0 Å². The van der Waals surface area contributed by atoms with Crippen LogP contribution in [-0.4, -0.2) is 29.9 Å². The largest absolute Gasteiger partial charge is 0.208 e. The first-order valence-electron chi connectivity index (χ1n) is 36.2. The van der Waals surface area contributed by atoms with E-state index in [1.54, 1.807) is 0 Å². The van der Waals surface area contributed by atoms with Gasteiger partial charge in [0.2, 0.25) is 0 Å². The molecule has 492 valence electrons. The zero-order valence-corrected chi connectivity index (χ0v) is 57.5. The van der Waals surface area contributed by atoms with Crippen LogP contribution in [0.2, 0.25) is 0 Å². The summed E-state index contributed by atoms with van der Waals surface area (Å²) >= 11 is 0. The van der Waals surface area contributed by atoms with E-state index in [1.165, 1.54) is 72.3 Å². The van der Waals surface area contributed by atoms with E-state index in [2.05, 4.69) is 303 Å². The second-order valence-corrected chi connectivity index (χ2v) is 27.8. The van der Waals surface area contributed by atoms with Crippen molar-refractivity contribution in [3.05, 3.63) is 421 Å². The van der Waals surface area contributed by atoms with Gasteiger partial charge in [0, 0.05) is 33.4 Å². The number of rotatable bonds is 11. The Morgan fingerprint density at radius 1 is 0.160 bits per heavy atom. The first kappa shape index (κ1) is 60.8. The van der Waals surface area contributed by atoms with Crippen LogP contribution in [0.4, 0.5) is 0 Å². The van der Waals surface area contributed by atoms with E-state index in [0.717, 1.165) is 93.9 Å². The Bertz CT molecular complexity index is 6410. The normalized spacial score (nSPS) is 14.0. The molecule has 0 fully saturated rings. The molecule has 2 heterocycles. The van der Waals surface area contributed by atoms with E-state index in [4.69, 9.17) is 29.9 Å². The van der Waals surface area contributed by atoms with Gasteiger partial charge in [-0.05, 0) is 145 Å². The Morgan fingerprint density at radius 3 is 0.981 bits per heavy atom. The third-order valence-electron chi connectivity index (χ3n) is 22.3. The fraction of sp³-hybridized carbons (Fsp3) is 0.0200. The molecule has 2 aromatic heterocycles. The van der Waals surface area contributed by atoms with Gasteiger partial charge in [0.15, 0.2) is 34.9 Å². The number of fused-ring (bicyclic) bond motifs is 15. The minimum absolute atomic E-state index is 0.536. The third-order valence-corrected chi connectivity index (χ3v) is 22.3. The molecular weight excluding hydrogens is 1290 g/mol. The van der Waals surface area contributed by atoms with Gasteiger partial charge in [0.25, 0.3) is 0 Å². The van der Waals surface area contributed by atoms with Gasteiger partial charge >= 0.3 is 0 Å². The lowest BCUT2D eigenvalue weighted by Gasteiger charge is -2.34. The highest BCUT2D eigenvalue weighted by atomic mass is 15.0. The minimum Gasteiger partial charge on any atom is -0.208 e. The summed E-state index contributed by atoms with van der Waals surface area (Å²) in [7, 11) is 0.